The summed E-state index contributed by atoms with van der Waals surface area (Å²) < 4.78 is 18.8. The van der Waals surface area contributed by atoms with Gasteiger partial charge in [-0.05, 0) is 33.4 Å². The van der Waals surface area contributed by atoms with E-state index in [1.165, 1.54) is 33.4 Å². The van der Waals surface area contributed by atoms with Crippen LogP contribution >= 0.6 is 0 Å². The van der Waals surface area contributed by atoms with Crippen LogP contribution in [0.15, 0.2) is 109 Å². The van der Waals surface area contributed by atoms with Crippen LogP contribution in [0.2, 0.25) is 0 Å². The molecular formula is C34H34O3. The average molecular weight is 491 g/mol. The lowest BCUT2D eigenvalue weighted by molar-refractivity contribution is -0.0427. The Bertz CT molecular complexity index is 1210. The quantitative estimate of drug-likeness (QED) is 0.215. The Morgan fingerprint density at radius 1 is 0.514 bits per heavy atom. The fourth-order valence-corrected chi connectivity index (χ4v) is 5.51. The van der Waals surface area contributed by atoms with Gasteiger partial charge in [-0.3, -0.25) is 0 Å². The van der Waals surface area contributed by atoms with Gasteiger partial charge in [-0.2, -0.15) is 0 Å². The molecule has 2 saturated heterocycles. The van der Waals surface area contributed by atoms with Gasteiger partial charge in [0.25, 0.3) is 0 Å². The van der Waals surface area contributed by atoms with Crippen molar-refractivity contribution in [2.24, 2.45) is 0 Å². The molecule has 0 spiro atoms. The molecule has 3 heteroatoms. The van der Waals surface area contributed by atoms with Crippen molar-refractivity contribution in [3.05, 3.63) is 143 Å². The SMILES string of the molecule is CC(c1ccccc1)c1ccccc1C(OC(c1ccccc1C(C)c1ccccc1)C1CO1)C1CO1. The number of rotatable bonds is 10. The molecule has 0 amide bonds. The lowest BCUT2D eigenvalue weighted by Crippen LogP contribution is -2.22. The summed E-state index contributed by atoms with van der Waals surface area (Å²) in [7, 11) is 0. The predicted octanol–water partition coefficient (Wildman–Crippen LogP) is 7.59. The number of epoxide rings is 2. The van der Waals surface area contributed by atoms with E-state index in [2.05, 4.69) is 123 Å². The maximum absolute atomic E-state index is 7.07. The van der Waals surface area contributed by atoms with Crippen LogP contribution in [0.25, 0.3) is 0 Å². The van der Waals surface area contributed by atoms with Crippen molar-refractivity contribution in [2.75, 3.05) is 13.2 Å². The van der Waals surface area contributed by atoms with Crippen molar-refractivity contribution in [3.63, 3.8) is 0 Å². The van der Waals surface area contributed by atoms with Gasteiger partial charge in [0.15, 0.2) is 0 Å². The van der Waals surface area contributed by atoms with Gasteiger partial charge in [0.05, 0.1) is 13.2 Å². The Kier molecular flexibility index (Phi) is 6.93. The highest BCUT2D eigenvalue weighted by Crippen LogP contribution is 2.44. The average Bonchev–Trinajstić information content (AvgIpc) is 3.89. The van der Waals surface area contributed by atoms with Crippen molar-refractivity contribution in [3.8, 4) is 0 Å². The van der Waals surface area contributed by atoms with E-state index in [9.17, 15) is 0 Å². The fourth-order valence-electron chi connectivity index (χ4n) is 5.51. The van der Waals surface area contributed by atoms with Crippen LogP contribution in [-0.4, -0.2) is 25.4 Å². The molecule has 6 atom stereocenters. The molecule has 0 bridgehead atoms. The normalized spacial score (nSPS) is 21.6. The summed E-state index contributed by atoms with van der Waals surface area (Å²) >= 11 is 0. The third-order valence-electron chi connectivity index (χ3n) is 7.82. The molecule has 0 N–H and O–H groups in total. The highest BCUT2D eigenvalue weighted by molar-refractivity contribution is 5.41. The zero-order valence-electron chi connectivity index (χ0n) is 21.5. The summed E-state index contributed by atoms with van der Waals surface area (Å²) in [6, 6.07) is 38.8. The number of hydrogen-bond acceptors (Lipinski definition) is 3. The second-order valence-electron chi connectivity index (χ2n) is 10.2. The minimum atomic E-state index is -0.156. The molecule has 0 radical (unpaired) electrons. The maximum atomic E-state index is 7.07. The van der Waals surface area contributed by atoms with E-state index in [-0.39, 0.29) is 36.3 Å². The van der Waals surface area contributed by atoms with Crippen molar-refractivity contribution in [2.45, 2.75) is 50.1 Å². The van der Waals surface area contributed by atoms with E-state index < -0.39 is 0 Å². The van der Waals surface area contributed by atoms with E-state index >= 15 is 0 Å². The van der Waals surface area contributed by atoms with Gasteiger partial charge < -0.3 is 14.2 Å². The summed E-state index contributed by atoms with van der Waals surface area (Å²) in [6.45, 7) is 5.99. The Hall–Kier alpha value is -3.24. The second kappa shape index (κ2) is 10.6. The highest BCUT2D eigenvalue weighted by atomic mass is 16.6. The van der Waals surface area contributed by atoms with Crippen molar-refractivity contribution in [1.29, 1.82) is 0 Å². The summed E-state index contributed by atoms with van der Waals surface area (Å²) in [6.07, 6.45) is -0.193. The third-order valence-corrected chi connectivity index (χ3v) is 7.82. The van der Waals surface area contributed by atoms with E-state index in [4.69, 9.17) is 14.2 Å². The molecule has 0 saturated carbocycles. The summed E-state index contributed by atoms with van der Waals surface area (Å²) in [5.41, 5.74) is 7.59. The van der Waals surface area contributed by atoms with E-state index in [1.54, 1.807) is 0 Å². The Morgan fingerprint density at radius 2 is 0.838 bits per heavy atom. The maximum Gasteiger partial charge on any atom is 0.112 e. The highest BCUT2D eigenvalue weighted by Gasteiger charge is 2.43. The Morgan fingerprint density at radius 3 is 1.19 bits per heavy atom. The first-order chi connectivity index (χ1) is 18.2. The fraction of sp³-hybridized carbons (Fsp3) is 0.294. The summed E-state index contributed by atoms with van der Waals surface area (Å²) in [4.78, 5) is 0. The molecule has 2 fully saturated rings. The largest absolute Gasteiger partial charge is 0.370 e. The minimum absolute atomic E-state index is 0.0593. The molecule has 4 aromatic rings. The van der Waals surface area contributed by atoms with Crippen molar-refractivity contribution >= 4 is 0 Å². The van der Waals surface area contributed by atoms with Gasteiger partial charge in [-0.1, -0.05) is 123 Å². The monoisotopic (exact) mass is 490 g/mol. The lowest BCUT2D eigenvalue weighted by Gasteiger charge is -2.29. The van der Waals surface area contributed by atoms with E-state index in [1.807, 2.05) is 0 Å². The van der Waals surface area contributed by atoms with E-state index in [0.717, 1.165) is 13.2 Å². The van der Waals surface area contributed by atoms with Crippen LogP contribution in [0.4, 0.5) is 0 Å². The van der Waals surface area contributed by atoms with Gasteiger partial charge in [-0.15, -0.1) is 0 Å². The molecule has 2 aliphatic rings. The van der Waals surface area contributed by atoms with Gasteiger partial charge >= 0.3 is 0 Å². The van der Waals surface area contributed by atoms with Gasteiger partial charge in [0.2, 0.25) is 0 Å². The van der Waals surface area contributed by atoms with E-state index in [0.29, 0.717) is 0 Å². The van der Waals surface area contributed by atoms with Gasteiger partial charge in [0, 0.05) is 11.8 Å². The van der Waals surface area contributed by atoms with Gasteiger partial charge in [-0.25, -0.2) is 0 Å². The van der Waals surface area contributed by atoms with Crippen LogP contribution < -0.4 is 0 Å². The zero-order valence-corrected chi connectivity index (χ0v) is 21.5. The molecule has 4 aromatic carbocycles. The molecule has 37 heavy (non-hydrogen) atoms. The number of benzene rings is 4. The molecule has 188 valence electrons. The first kappa shape index (κ1) is 24.1. The number of hydrogen-bond donors (Lipinski definition) is 0. The Balaban J connectivity index is 1.35. The van der Waals surface area contributed by atoms with Crippen LogP contribution in [0.3, 0.4) is 0 Å². The standard InChI is InChI=1S/C34H34O3/c1-23(25-13-5-3-6-14-25)27-17-9-11-19-29(27)33(31-21-35-31)37-34(32-22-36-32)30-20-12-10-18-28(30)24(2)26-15-7-4-8-16-26/h3-20,23-24,31-34H,21-22H2,1-2H3. The molecule has 6 rings (SSSR count). The van der Waals surface area contributed by atoms with Gasteiger partial charge in [0.1, 0.15) is 24.4 Å². The molecule has 0 aliphatic carbocycles. The zero-order chi connectivity index (χ0) is 25.2. The Labute approximate surface area is 220 Å². The van der Waals surface area contributed by atoms with Crippen LogP contribution in [0.1, 0.15) is 71.3 Å². The molecular weight excluding hydrogens is 456 g/mol. The van der Waals surface area contributed by atoms with Crippen LogP contribution in [0, 0.1) is 0 Å². The molecule has 2 heterocycles. The predicted molar refractivity (Wildman–Crippen MR) is 147 cm³/mol. The molecule has 6 unspecified atom stereocenters. The summed E-state index contributed by atoms with van der Waals surface area (Å²) in [5.74, 6) is 0.506. The van der Waals surface area contributed by atoms with Crippen molar-refractivity contribution in [1.82, 2.24) is 0 Å². The first-order valence-electron chi connectivity index (χ1n) is 13.4. The molecule has 0 aromatic heterocycles. The molecule has 3 nitrogen and oxygen atoms in total. The smallest absolute Gasteiger partial charge is 0.112 e. The third kappa shape index (κ3) is 5.26. The van der Waals surface area contributed by atoms with Crippen LogP contribution in [0.5, 0.6) is 0 Å². The topological polar surface area (TPSA) is 34.3 Å². The first-order valence-corrected chi connectivity index (χ1v) is 13.4. The van der Waals surface area contributed by atoms with Crippen LogP contribution in [-0.2, 0) is 14.2 Å². The number of ether oxygens (including phenoxy) is 3. The summed E-state index contributed by atoms with van der Waals surface area (Å²) in [5, 5.41) is 0. The molecule has 2 aliphatic heterocycles. The minimum Gasteiger partial charge on any atom is -0.370 e. The van der Waals surface area contributed by atoms with Crippen molar-refractivity contribution < 1.29 is 14.2 Å². The lowest BCUT2D eigenvalue weighted by atomic mass is 9.86. The second-order valence-corrected chi connectivity index (χ2v) is 10.2.